The van der Waals surface area contributed by atoms with Crippen molar-refractivity contribution >= 4 is 17.2 Å². The van der Waals surface area contributed by atoms with E-state index in [1.165, 1.54) is 36.0 Å². The summed E-state index contributed by atoms with van der Waals surface area (Å²) in [6.45, 7) is 0.531. The maximum atomic E-state index is 12.8. The maximum absolute atomic E-state index is 12.8. The molecule has 0 aliphatic rings. The number of aromatic nitrogens is 3. The van der Waals surface area contributed by atoms with Crippen molar-refractivity contribution in [2.75, 3.05) is 0 Å². The van der Waals surface area contributed by atoms with Crippen LogP contribution in [0.25, 0.3) is 10.6 Å². The zero-order valence-electron chi connectivity index (χ0n) is 19.7. The minimum absolute atomic E-state index is 0.157. The van der Waals surface area contributed by atoms with E-state index in [0.717, 1.165) is 17.7 Å². The number of thiazole rings is 1. The minimum Gasteiger partial charge on any atom is -0.487 e. The van der Waals surface area contributed by atoms with Crippen molar-refractivity contribution < 1.29 is 27.8 Å². The highest BCUT2D eigenvalue weighted by Gasteiger charge is 2.30. The number of alkyl halides is 3. The van der Waals surface area contributed by atoms with Crippen molar-refractivity contribution in [3.8, 4) is 16.3 Å². The molecule has 1 amide bonds. The molecule has 0 radical (unpaired) electrons. The highest BCUT2D eigenvalue weighted by atomic mass is 32.1. The second-order valence-electron chi connectivity index (χ2n) is 8.48. The van der Waals surface area contributed by atoms with Gasteiger partial charge in [-0.25, -0.2) is 9.97 Å². The summed E-state index contributed by atoms with van der Waals surface area (Å²) in [5, 5.41) is 12.8. The zero-order valence-corrected chi connectivity index (χ0v) is 20.5. The fourth-order valence-corrected chi connectivity index (χ4v) is 4.57. The first-order valence-corrected chi connectivity index (χ1v) is 12.4. The number of carbonyl (C=O) groups excluding carboxylic acids is 1. The number of benzene rings is 2. The lowest BCUT2D eigenvalue weighted by atomic mass is 10.0. The van der Waals surface area contributed by atoms with Crippen molar-refractivity contribution in [3.05, 3.63) is 88.9 Å². The number of carbonyl (C=O) groups is 1. The number of nitrogens with zero attached hydrogens (tertiary/aromatic N) is 3. The average molecular weight is 531 g/mol. The largest absolute Gasteiger partial charge is 0.487 e. The van der Waals surface area contributed by atoms with Gasteiger partial charge in [-0.1, -0.05) is 30.3 Å². The lowest BCUT2D eigenvalue weighted by molar-refractivity contribution is -0.137. The Kier molecular flexibility index (Phi) is 8.24. The standard InChI is InChI=1S/C26H25F3N4O3S/c27-26(28,29)19-10-8-18(9-11-19)25-32-20(15-37-25)14-36-23-7-2-1-4-17(23)5-3-6-21(34)12-33-13-22(24(30)35)31-16-33/h1-2,4,7-11,13,15-16,21,34H,3,5-6,12,14H2,(H2,30,35). The van der Waals surface area contributed by atoms with Gasteiger partial charge in [0.15, 0.2) is 0 Å². The van der Waals surface area contributed by atoms with E-state index >= 15 is 0 Å². The predicted molar refractivity (Wildman–Crippen MR) is 133 cm³/mol. The molecule has 3 N–H and O–H groups in total. The summed E-state index contributed by atoms with van der Waals surface area (Å²) < 4.78 is 46.0. The van der Waals surface area contributed by atoms with Gasteiger partial charge in [-0.05, 0) is 43.0 Å². The molecular weight excluding hydrogens is 505 g/mol. The van der Waals surface area contributed by atoms with Crippen molar-refractivity contribution in [3.63, 3.8) is 0 Å². The summed E-state index contributed by atoms with van der Waals surface area (Å²) >= 11 is 1.34. The number of ether oxygens (including phenoxy) is 1. The van der Waals surface area contributed by atoms with Crippen LogP contribution < -0.4 is 10.5 Å². The lowest BCUT2D eigenvalue weighted by Crippen LogP contribution is -2.15. The summed E-state index contributed by atoms with van der Waals surface area (Å²) in [7, 11) is 0. The molecule has 0 fully saturated rings. The highest BCUT2D eigenvalue weighted by Crippen LogP contribution is 2.32. The Labute approximate surface area is 215 Å². The van der Waals surface area contributed by atoms with E-state index < -0.39 is 23.8 Å². The first-order valence-electron chi connectivity index (χ1n) is 11.5. The average Bonchev–Trinajstić information content (AvgIpc) is 3.53. The predicted octanol–water partition coefficient (Wildman–Crippen LogP) is 5.09. The van der Waals surface area contributed by atoms with E-state index in [9.17, 15) is 23.1 Å². The number of nitrogens with two attached hydrogens (primary N) is 1. The van der Waals surface area contributed by atoms with Crippen LogP contribution in [0.4, 0.5) is 13.2 Å². The van der Waals surface area contributed by atoms with Gasteiger partial charge in [0.2, 0.25) is 0 Å². The van der Waals surface area contributed by atoms with Crippen LogP contribution in [-0.4, -0.2) is 31.7 Å². The summed E-state index contributed by atoms with van der Waals surface area (Å²) in [6, 6.07) is 12.6. The third-order valence-corrected chi connectivity index (χ3v) is 6.59. The third kappa shape index (κ3) is 7.17. The number of amides is 1. The number of hydrogen-bond donors (Lipinski definition) is 2. The summed E-state index contributed by atoms with van der Waals surface area (Å²) in [6.07, 6.45) is -0.0556. The number of halogens is 3. The second-order valence-corrected chi connectivity index (χ2v) is 9.34. The minimum atomic E-state index is -4.37. The molecule has 0 bridgehead atoms. The van der Waals surface area contributed by atoms with E-state index in [-0.39, 0.29) is 12.3 Å². The fourth-order valence-electron chi connectivity index (χ4n) is 3.76. The van der Waals surface area contributed by atoms with Crippen LogP contribution in [0.15, 0.2) is 66.4 Å². The van der Waals surface area contributed by atoms with Crippen molar-refractivity contribution in [1.82, 2.24) is 14.5 Å². The van der Waals surface area contributed by atoms with Crippen molar-refractivity contribution in [2.24, 2.45) is 5.73 Å². The van der Waals surface area contributed by atoms with E-state index in [1.807, 2.05) is 29.6 Å². The monoisotopic (exact) mass is 530 g/mol. The van der Waals surface area contributed by atoms with Gasteiger partial charge < -0.3 is 20.1 Å². The fraction of sp³-hybridized carbons (Fsp3) is 0.269. The Hall–Kier alpha value is -3.70. The number of rotatable bonds is 11. The SMILES string of the molecule is NC(=O)c1cn(CC(O)CCCc2ccccc2OCc2csc(-c3ccc(C(F)(F)F)cc3)n2)cn1. The van der Waals surface area contributed by atoms with Gasteiger partial charge in [-0.15, -0.1) is 11.3 Å². The number of para-hydroxylation sites is 1. The van der Waals surface area contributed by atoms with Crippen LogP contribution in [-0.2, 0) is 25.7 Å². The molecule has 0 aliphatic carbocycles. The lowest BCUT2D eigenvalue weighted by Gasteiger charge is -2.13. The second kappa shape index (κ2) is 11.6. The summed E-state index contributed by atoms with van der Waals surface area (Å²) in [5.74, 6) is 0.0973. The van der Waals surface area contributed by atoms with Gasteiger partial charge in [-0.3, -0.25) is 4.79 Å². The molecule has 194 valence electrons. The van der Waals surface area contributed by atoms with Gasteiger partial charge in [0, 0.05) is 23.7 Å². The topological polar surface area (TPSA) is 103 Å². The van der Waals surface area contributed by atoms with Crippen LogP contribution in [0.1, 0.15) is 40.2 Å². The van der Waals surface area contributed by atoms with Gasteiger partial charge in [0.1, 0.15) is 23.1 Å². The molecule has 2 heterocycles. The van der Waals surface area contributed by atoms with Crippen LogP contribution in [0.2, 0.25) is 0 Å². The van der Waals surface area contributed by atoms with Crippen molar-refractivity contribution in [2.45, 2.75) is 44.7 Å². The Balaban J connectivity index is 1.29. The number of imidazole rings is 1. The molecule has 2 aromatic heterocycles. The van der Waals surface area contributed by atoms with Gasteiger partial charge in [0.05, 0.1) is 23.7 Å². The van der Waals surface area contributed by atoms with Crippen LogP contribution >= 0.6 is 11.3 Å². The molecule has 1 atom stereocenters. The number of aryl methyl sites for hydroxylation is 1. The third-order valence-electron chi connectivity index (χ3n) is 5.65. The molecule has 4 rings (SSSR count). The van der Waals surface area contributed by atoms with E-state index in [1.54, 1.807) is 4.57 Å². The van der Waals surface area contributed by atoms with Crippen molar-refractivity contribution in [1.29, 1.82) is 0 Å². The Morgan fingerprint density at radius 1 is 1.16 bits per heavy atom. The Morgan fingerprint density at radius 2 is 1.92 bits per heavy atom. The summed E-state index contributed by atoms with van der Waals surface area (Å²) in [4.78, 5) is 19.5. The number of primary amides is 1. The van der Waals surface area contributed by atoms with E-state index in [2.05, 4.69) is 9.97 Å². The van der Waals surface area contributed by atoms with Gasteiger partial charge in [-0.2, -0.15) is 13.2 Å². The first-order chi connectivity index (χ1) is 17.7. The number of hydrogen-bond acceptors (Lipinski definition) is 6. The molecular formula is C26H25F3N4O3S. The molecule has 0 saturated heterocycles. The van der Waals surface area contributed by atoms with Gasteiger partial charge in [0.25, 0.3) is 5.91 Å². The highest BCUT2D eigenvalue weighted by molar-refractivity contribution is 7.13. The van der Waals surface area contributed by atoms with Crippen LogP contribution in [0.3, 0.4) is 0 Å². The molecule has 0 spiro atoms. The normalized spacial score (nSPS) is 12.4. The zero-order chi connectivity index (χ0) is 26.4. The molecule has 0 aliphatic heterocycles. The quantitative estimate of drug-likeness (QED) is 0.281. The first kappa shape index (κ1) is 26.4. The molecule has 37 heavy (non-hydrogen) atoms. The van der Waals surface area contributed by atoms with E-state index in [0.29, 0.717) is 47.8 Å². The summed E-state index contributed by atoms with van der Waals surface area (Å²) in [5.41, 5.74) is 6.95. The maximum Gasteiger partial charge on any atom is 0.416 e. The Bertz CT molecular complexity index is 1340. The molecule has 4 aromatic rings. The molecule has 11 heteroatoms. The van der Waals surface area contributed by atoms with Crippen LogP contribution in [0.5, 0.6) is 5.75 Å². The van der Waals surface area contributed by atoms with Gasteiger partial charge >= 0.3 is 6.18 Å². The van der Waals surface area contributed by atoms with E-state index in [4.69, 9.17) is 10.5 Å². The molecule has 2 aromatic carbocycles. The number of aliphatic hydroxyl groups is 1. The molecule has 1 unspecified atom stereocenters. The molecule has 7 nitrogen and oxygen atoms in total. The van der Waals surface area contributed by atoms with Crippen LogP contribution in [0, 0.1) is 0 Å². The smallest absolute Gasteiger partial charge is 0.416 e. The Morgan fingerprint density at radius 3 is 2.62 bits per heavy atom. The number of aliphatic hydroxyl groups excluding tert-OH is 1. The molecule has 0 saturated carbocycles.